The first-order chi connectivity index (χ1) is 10.2. The second-order valence-electron chi connectivity index (χ2n) is 6.13. The van der Waals surface area contributed by atoms with E-state index >= 15 is 0 Å². The van der Waals surface area contributed by atoms with Crippen LogP contribution in [0.4, 0.5) is 0 Å². The van der Waals surface area contributed by atoms with Gasteiger partial charge in [-0.15, -0.1) is 0 Å². The van der Waals surface area contributed by atoms with Crippen molar-refractivity contribution in [2.24, 2.45) is 0 Å². The summed E-state index contributed by atoms with van der Waals surface area (Å²) in [6.45, 7) is 3.45. The number of methoxy groups -OCH3 is 1. The van der Waals surface area contributed by atoms with Crippen LogP contribution in [0.2, 0.25) is 0 Å². The Morgan fingerprint density at radius 1 is 1.24 bits per heavy atom. The lowest BCUT2D eigenvalue weighted by molar-refractivity contribution is -0.140. The lowest BCUT2D eigenvalue weighted by atomic mass is 9.94. The molecule has 0 N–H and O–H groups in total. The number of hydrogen-bond donors (Lipinski definition) is 0. The number of rotatable bonds is 5. The van der Waals surface area contributed by atoms with Crippen molar-refractivity contribution in [1.82, 2.24) is 4.90 Å². The van der Waals surface area contributed by atoms with E-state index in [9.17, 15) is 4.79 Å². The zero-order valence-electron chi connectivity index (χ0n) is 12.6. The van der Waals surface area contributed by atoms with Crippen molar-refractivity contribution in [3.8, 4) is 5.75 Å². The maximum absolute atomic E-state index is 11.1. The smallest absolute Gasteiger partial charge is 0.305 e. The Hall–Kier alpha value is -1.55. The van der Waals surface area contributed by atoms with Crippen molar-refractivity contribution in [2.45, 2.75) is 37.7 Å². The lowest BCUT2D eigenvalue weighted by Crippen LogP contribution is -2.43. The average Bonchev–Trinajstić information content (AvgIpc) is 2.80. The minimum atomic E-state index is -0.164. The van der Waals surface area contributed by atoms with Gasteiger partial charge in [0.2, 0.25) is 0 Å². The molecule has 114 valence electrons. The van der Waals surface area contributed by atoms with E-state index in [0.29, 0.717) is 12.8 Å². The van der Waals surface area contributed by atoms with Crippen molar-refractivity contribution in [1.29, 1.82) is 0 Å². The summed E-state index contributed by atoms with van der Waals surface area (Å²) in [5.74, 6) is 0.781. The van der Waals surface area contributed by atoms with E-state index in [1.807, 2.05) is 24.3 Å². The van der Waals surface area contributed by atoms with Crippen LogP contribution in [0.15, 0.2) is 24.3 Å². The number of nitrogens with zero attached hydrogens (tertiary/aromatic N) is 1. The summed E-state index contributed by atoms with van der Waals surface area (Å²) >= 11 is 0. The van der Waals surface area contributed by atoms with Crippen LogP contribution in [0.3, 0.4) is 0 Å². The van der Waals surface area contributed by atoms with Crippen molar-refractivity contribution >= 4 is 5.97 Å². The molecule has 1 aromatic carbocycles. The van der Waals surface area contributed by atoms with E-state index in [0.717, 1.165) is 37.2 Å². The fourth-order valence-corrected chi connectivity index (χ4v) is 3.40. The number of carbonyl (C=O) groups excluding carboxylic acids is 1. The predicted octanol–water partition coefficient (Wildman–Crippen LogP) is 2.41. The number of esters is 1. The van der Waals surface area contributed by atoms with Crippen LogP contribution in [0.25, 0.3) is 0 Å². The van der Waals surface area contributed by atoms with Crippen LogP contribution in [0.5, 0.6) is 5.75 Å². The topological polar surface area (TPSA) is 38.8 Å². The number of fused-ring (bicyclic) bond motifs is 2. The summed E-state index contributed by atoms with van der Waals surface area (Å²) in [6.07, 6.45) is 4.67. The predicted molar refractivity (Wildman–Crippen MR) is 80.4 cm³/mol. The van der Waals surface area contributed by atoms with E-state index in [2.05, 4.69) is 9.64 Å². The van der Waals surface area contributed by atoms with Crippen LogP contribution < -0.4 is 4.74 Å². The summed E-state index contributed by atoms with van der Waals surface area (Å²) in [7, 11) is 1.42. The highest BCUT2D eigenvalue weighted by Gasteiger charge is 2.42. The van der Waals surface area contributed by atoms with Gasteiger partial charge >= 0.3 is 5.97 Å². The minimum absolute atomic E-state index is 0.0335. The molecule has 0 amide bonds. The van der Waals surface area contributed by atoms with Crippen LogP contribution in [0.1, 0.15) is 31.2 Å². The van der Waals surface area contributed by atoms with Gasteiger partial charge in [-0.05, 0) is 43.5 Å². The molecule has 21 heavy (non-hydrogen) atoms. The Bertz CT molecular complexity index is 495. The fraction of sp³-hybridized carbons (Fsp3) is 0.588. The third kappa shape index (κ3) is 3.38. The Labute approximate surface area is 126 Å². The summed E-state index contributed by atoms with van der Waals surface area (Å²) in [6, 6.07) is 8.15. The Balaban J connectivity index is 1.58. The van der Waals surface area contributed by atoms with Gasteiger partial charge in [-0.25, -0.2) is 0 Å². The van der Waals surface area contributed by atoms with E-state index in [1.165, 1.54) is 20.1 Å². The molecule has 2 heterocycles. The molecule has 0 radical (unpaired) electrons. The van der Waals surface area contributed by atoms with Gasteiger partial charge in [-0.2, -0.15) is 0 Å². The van der Waals surface area contributed by atoms with Gasteiger partial charge < -0.3 is 9.47 Å². The average molecular weight is 289 g/mol. The molecular formula is C17H23NO3. The van der Waals surface area contributed by atoms with Gasteiger partial charge in [0.1, 0.15) is 11.4 Å². The number of hydrogen-bond acceptors (Lipinski definition) is 4. The van der Waals surface area contributed by atoms with Crippen LogP contribution in [0, 0.1) is 0 Å². The number of ether oxygens (including phenoxy) is 2. The van der Waals surface area contributed by atoms with Gasteiger partial charge in [0.05, 0.1) is 7.11 Å². The molecule has 4 nitrogen and oxygen atoms in total. The molecule has 0 aliphatic carbocycles. The molecule has 2 fully saturated rings. The molecule has 2 saturated heterocycles. The molecule has 0 aromatic heterocycles. The zero-order valence-corrected chi connectivity index (χ0v) is 12.6. The number of benzene rings is 1. The Morgan fingerprint density at radius 2 is 2.05 bits per heavy atom. The van der Waals surface area contributed by atoms with Crippen molar-refractivity contribution < 1.29 is 14.3 Å². The third-order valence-electron chi connectivity index (χ3n) is 4.61. The van der Waals surface area contributed by atoms with E-state index < -0.39 is 0 Å². The largest absolute Gasteiger partial charge is 0.486 e. The SMILES string of the molecule is COC(=O)CCc1ccc(O[C@@]23CCCN(CC2)C3)cc1. The summed E-state index contributed by atoms with van der Waals surface area (Å²) in [5, 5.41) is 0. The number of aryl methyl sites for hydroxylation is 1. The standard InChI is InChI=1S/C17H23NO3/c1-20-16(19)8-5-14-3-6-15(7-4-14)21-17-9-2-11-18(13-17)12-10-17/h3-4,6-7H,2,5,8-13H2,1H3/t17-/m0/s1. The van der Waals surface area contributed by atoms with Crippen molar-refractivity contribution in [2.75, 3.05) is 26.7 Å². The van der Waals surface area contributed by atoms with Crippen LogP contribution in [-0.4, -0.2) is 43.2 Å². The molecule has 0 spiro atoms. The normalized spacial score (nSPS) is 27.4. The summed E-state index contributed by atoms with van der Waals surface area (Å²) in [5.41, 5.74) is 1.17. The molecule has 0 saturated carbocycles. The molecule has 2 aliphatic rings. The van der Waals surface area contributed by atoms with Gasteiger partial charge in [0.25, 0.3) is 0 Å². The Kier molecular flexibility index (Phi) is 4.15. The van der Waals surface area contributed by atoms with Crippen molar-refractivity contribution in [3.05, 3.63) is 29.8 Å². The minimum Gasteiger partial charge on any atom is -0.486 e. The van der Waals surface area contributed by atoms with E-state index in [4.69, 9.17) is 4.74 Å². The van der Waals surface area contributed by atoms with E-state index in [1.54, 1.807) is 0 Å². The van der Waals surface area contributed by atoms with Gasteiger partial charge in [-0.3, -0.25) is 9.69 Å². The summed E-state index contributed by atoms with van der Waals surface area (Å²) in [4.78, 5) is 13.6. The molecule has 2 bridgehead atoms. The van der Waals surface area contributed by atoms with Crippen LogP contribution in [-0.2, 0) is 16.0 Å². The summed E-state index contributed by atoms with van der Waals surface area (Å²) < 4.78 is 11.0. The van der Waals surface area contributed by atoms with Gasteiger partial charge in [0.15, 0.2) is 0 Å². The molecule has 3 rings (SSSR count). The molecule has 2 atom stereocenters. The van der Waals surface area contributed by atoms with Gasteiger partial charge in [0, 0.05) is 25.9 Å². The molecule has 1 aromatic rings. The highest BCUT2D eigenvalue weighted by molar-refractivity contribution is 5.69. The molecule has 4 heteroatoms. The van der Waals surface area contributed by atoms with Crippen LogP contribution >= 0.6 is 0 Å². The first kappa shape index (κ1) is 14.4. The Morgan fingerprint density at radius 3 is 2.81 bits per heavy atom. The van der Waals surface area contributed by atoms with Crippen molar-refractivity contribution in [3.63, 3.8) is 0 Å². The maximum Gasteiger partial charge on any atom is 0.305 e. The second-order valence-corrected chi connectivity index (χ2v) is 6.13. The molecule has 1 unspecified atom stereocenters. The quantitative estimate of drug-likeness (QED) is 0.780. The number of carbonyl (C=O) groups is 1. The first-order valence-electron chi connectivity index (χ1n) is 7.76. The van der Waals surface area contributed by atoms with Gasteiger partial charge in [-0.1, -0.05) is 12.1 Å². The number of piperidine rings is 1. The fourth-order valence-electron chi connectivity index (χ4n) is 3.40. The third-order valence-corrected chi connectivity index (χ3v) is 4.61. The second kappa shape index (κ2) is 6.06. The zero-order chi connectivity index (χ0) is 14.7. The lowest BCUT2D eigenvalue weighted by Gasteiger charge is -2.34. The highest BCUT2D eigenvalue weighted by Crippen LogP contribution is 2.35. The van der Waals surface area contributed by atoms with E-state index in [-0.39, 0.29) is 11.6 Å². The maximum atomic E-state index is 11.1. The molecule has 2 aliphatic heterocycles. The monoisotopic (exact) mass is 289 g/mol. The highest BCUT2D eigenvalue weighted by atomic mass is 16.5. The molecular weight excluding hydrogens is 266 g/mol. The first-order valence-corrected chi connectivity index (χ1v) is 7.76.